The average molecular weight is 357 g/mol. The smallest absolute Gasteiger partial charge is 0.237 e. The molecule has 1 aromatic heterocycles. The number of amides is 1. The third kappa shape index (κ3) is 5.61. The standard InChI is InChI=1S/C18H23N5OS/c1-4-6-16-20-18(22-21-16)25-12-17(24)23(8-5-7-19)15-10-13(2)9-14(3)11-15/h9-11H,4-6,8,12H2,1-3H3,(H,20,21,22). The van der Waals surface area contributed by atoms with Gasteiger partial charge in [-0.15, -0.1) is 5.10 Å². The molecule has 6 nitrogen and oxygen atoms in total. The van der Waals surface area contributed by atoms with Crippen LogP contribution in [0.25, 0.3) is 0 Å². The monoisotopic (exact) mass is 357 g/mol. The fourth-order valence-corrected chi connectivity index (χ4v) is 3.25. The molecule has 0 bridgehead atoms. The molecule has 0 saturated heterocycles. The summed E-state index contributed by atoms with van der Waals surface area (Å²) < 4.78 is 0. The zero-order valence-corrected chi connectivity index (χ0v) is 15.7. The van der Waals surface area contributed by atoms with Crippen LogP contribution in [-0.4, -0.2) is 33.4 Å². The normalized spacial score (nSPS) is 10.5. The van der Waals surface area contributed by atoms with Gasteiger partial charge in [-0.3, -0.25) is 9.89 Å². The van der Waals surface area contributed by atoms with Crippen LogP contribution in [0.15, 0.2) is 23.4 Å². The summed E-state index contributed by atoms with van der Waals surface area (Å²) >= 11 is 1.31. The van der Waals surface area contributed by atoms with E-state index >= 15 is 0 Å². The zero-order valence-electron chi connectivity index (χ0n) is 14.9. The SMILES string of the molecule is CCCc1nc(SCC(=O)N(CCC#N)c2cc(C)cc(C)c2)n[nH]1. The van der Waals surface area contributed by atoms with Crippen LogP contribution in [0.2, 0.25) is 0 Å². The molecule has 1 heterocycles. The molecule has 1 amide bonds. The summed E-state index contributed by atoms with van der Waals surface area (Å²) in [4.78, 5) is 18.8. The largest absolute Gasteiger partial charge is 0.311 e. The number of nitriles is 1. The predicted molar refractivity (Wildman–Crippen MR) is 99.6 cm³/mol. The maximum Gasteiger partial charge on any atom is 0.237 e. The minimum absolute atomic E-state index is 0.0490. The van der Waals surface area contributed by atoms with Gasteiger partial charge in [-0.05, 0) is 43.5 Å². The van der Waals surface area contributed by atoms with E-state index in [0.29, 0.717) is 18.1 Å². The fourth-order valence-electron chi connectivity index (χ4n) is 2.56. The Morgan fingerprint density at radius 2 is 2.04 bits per heavy atom. The number of aromatic amines is 1. The van der Waals surface area contributed by atoms with E-state index < -0.39 is 0 Å². The van der Waals surface area contributed by atoms with Gasteiger partial charge in [0, 0.05) is 18.7 Å². The third-order valence-electron chi connectivity index (χ3n) is 3.59. The number of hydrogen-bond donors (Lipinski definition) is 1. The molecule has 0 fully saturated rings. The first-order chi connectivity index (χ1) is 12.0. The summed E-state index contributed by atoms with van der Waals surface area (Å²) in [5.74, 6) is 1.03. The second-order valence-corrected chi connectivity index (χ2v) is 6.85. The van der Waals surface area contributed by atoms with Gasteiger partial charge in [0.05, 0.1) is 18.2 Å². The summed E-state index contributed by atoms with van der Waals surface area (Å²) in [6.07, 6.45) is 2.13. The van der Waals surface area contributed by atoms with Gasteiger partial charge in [-0.2, -0.15) is 5.26 Å². The lowest BCUT2D eigenvalue weighted by Crippen LogP contribution is -2.33. The van der Waals surface area contributed by atoms with E-state index in [1.807, 2.05) is 26.0 Å². The van der Waals surface area contributed by atoms with Crippen molar-refractivity contribution in [2.45, 2.75) is 45.2 Å². The van der Waals surface area contributed by atoms with Gasteiger partial charge in [0.15, 0.2) is 0 Å². The van der Waals surface area contributed by atoms with Crippen molar-refractivity contribution in [1.82, 2.24) is 15.2 Å². The molecule has 0 saturated carbocycles. The molecule has 0 atom stereocenters. The second kappa shape index (κ2) is 9.23. The third-order valence-corrected chi connectivity index (χ3v) is 4.42. The van der Waals surface area contributed by atoms with E-state index in [-0.39, 0.29) is 11.7 Å². The number of carbonyl (C=O) groups excluding carboxylic acids is 1. The number of aromatic nitrogens is 3. The number of aryl methyl sites for hydroxylation is 3. The number of benzene rings is 1. The summed E-state index contributed by atoms with van der Waals surface area (Å²) in [5, 5.41) is 16.5. The molecule has 0 radical (unpaired) electrons. The highest BCUT2D eigenvalue weighted by Crippen LogP contribution is 2.21. The van der Waals surface area contributed by atoms with Crippen LogP contribution in [-0.2, 0) is 11.2 Å². The minimum atomic E-state index is -0.0490. The Kier molecular flexibility index (Phi) is 7.02. The molecule has 0 aliphatic rings. The quantitative estimate of drug-likeness (QED) is 0.732. The van der Waals surface area contributed by atoms with Crippen LogP contribution in [0, 0.1) is 25.2 Å². The Labute approximate surface area is 152 Å². The lowest BCUT2D eigenvalue weighted by atomic mass is 10.1. The highest BCUT2D eigenvalue weighted by atomic mass is 32.2. The Hall–Kier alpha value is -2.33. The van der Waals surface area contributed by atoms with E-state index in [1.54, 1.807) is 4.90 Å². The molecule has 0 aliphatic carbocycles. The van der Waals surface area contributed by atoms with Gasteiger partial charge in [-0.25, -0.2) is 4.98 Å². The van der Waals surface area contributed by atoms with Crippen molar-refractivity contribution in [2.24, 2.45) is 0 Å². The van der Waals surface area contributed by atoms with E-state index in [9.17, 15) is 4.79 Å². The zero-order chi connectivity index (χ0) is 18.2. The van der Waals surface area contributed by atoms with Gasteiger partial charge >= 0.3 is 0 Å². The lowest BCUT2D eigenvalue weighted by Gasteiger charge is -2.22. The summed E-state index contributed by atoms with van der Waals surface area (Å²) in [6.45, 7) is 6.46. The maximum absolute atomic E-state index is 12.7. The second-order valence-electron chi connectivity index (χ2n) is 5.90. The minimum Gasteiger partial charge on any atom is -0.311 e. The molecule has 2 rings (SSSR count). The number of rotatable bonds is 8. The van der Waals surface area contributed by atoms with Crippen molar-refractivity contribution in [3.63, 3.8) is 0 Å². The van der Waals surface area contributed by atoms with Gasteiger partial charge in [0.1, 0.15) is 5.82 Å². The fraction of sp³-hybridized carbons (Fsp3) is 0.444. The van der Waals surface area contributed by atoms with E-state index in [2.05, 4.69) is 34.2 Å². The molecule has 132 valence electrons. The van der Waals surface area contributed by atoms with E-state index in [1.165, 1.54) is 11.8 Å². The van der Waals surface area contributed by atoms with Gasteiger partial charge in [0.2, 0.25) is 11.1 Å². The number of nitrogens with zero attached hydrogens (tertiary/aromatic N) is 4. The van der Waals surface area contributed by atoms with Gasteiger partial charge in [-0.1, -0.05) is 24.8 Å². The summed E-state index contributed by atoms with van der Waals surface area (Å²) in [7, 11) is 0. The summed E-state index contributed by atoms with van der Waals surface area (Å²) in [5.41, 5.74) is 3.02. The number of nitrogens with one attached hydrogen (secondary N) is 1. The predicted octanol–water partition coefficient (Wildman–Crippen LogP) is 3.41. The molecular weight excluding hydrogens is 334 g/mol. The maximum atomic E-state index is 12.7. The molecule has 25 heavy (non-hydrogen) atoms. The molecular formula is C18H23N5OS. The molecule has 0 aliphatic heterocycles. The first kappa shape index (κ1) is 19.0. The molecule has 0 unspecified atom stereocenters. The van der Waals surface area contributed by atoms with Crippen molar-refractivity contribution in [3.8, 4) is 6.07 Å². The molecule has 1 aromatic carbocycles. The Morgan fingerprint density at radius 3 is 2.68 bits per heavy atom. The highest BCUT2D eigenvalue weighted by Gasteiger charge is 2.17. The lowest BCUT2D eigenvalue weighted by molar-refractivity contribution is -0.116. The van der Waals surface area contributed by atoms with Crippen molar-refractivity contribution in [3.05, 3.63) is 35.2 Å². The highest BCUT2D eigenvalue weighted by molar-refractivity contribution is 7.99. The number of H-pyrrole nitrogens is 1. The van der Waals surface area contributed by atoms with Gasteiger partial charge < -0.3 is 4.90 Å². The van der Waals surface area contributed by atoms with Crippen LogP contribution >= 0.6 is 11.8 Å². The average Bonchev–Trinajstić information content (AvgIpc) is 3.00. The van der Waals surface area contributed by atoms with Crippen molar-refractivity contribution >= 4 is 23.4 Å². The van der Waals surface area contributed by atoms with Crippen LogP contribution in [0.1, 0.15) is 36.7 Å². The Morgan fingerprint density at radius 1 is 1.32 bits per heavy atom. The van der Waals surface area contributed by atoms with Crippen LogP contribution < -0.4 is 4.90 Å². The number of hydrogen-bond acceptors (Lipinski definition) is 5. The first-order valence-corrected chi connectivity index (χ1v) is 9.31. The number of thioether (sulfide) groups is 1. The first-order valence-electron chi connectivity index (χ1n) is 8.33. The van der Waals surface area contributed by atoms with Crippen molar-refractivity contribution < 1.29 is 4.79 Å². The van der Waals surface area contributed by atoms with Crippen LogP contribution in [0.5, 0.6) is 0 Å². The van der Waals surface area contributed by atoms with E-state index in [4.69, 9.17) is 5.26 Å². The Bertz CT molecular complexity index is 745. The van der Waals surface area contributed by atoms with Crippen molar-refractivity contribution in [2.75, 3.05) is 17.2 Å². The molecule has 7 heteroatoms. The Balaban J connectivity index is 2.08. The molecule has 0 spiro atoms. The van der Waals surface area contributed by atoms with Crippen molar-refractivity contribution in [1.29, 1.82) is 5.26 Å². The van der Waals surface area contributed by atoms with E-state index in [0.717, 1.165) is 35.5 Å². The van der Waals surface area contributed by atoms with Crippen LogP contribution in [0.3, 0.4) is 0 Å². The number of anilines is 1. The molecule has 1 N–H and O–H groups in total. The topological polar surface area (TPSA) is 85.7 Å². The van der Waals surface area contributed by atoms with Gasteiger partial charge in [0.25, 0.3) is 0 Å². The molecule has 2 aromatic rings. The summed E-state index contributed by atoms with van der Waals surface area (Å²) in [6, 6.07) is 8.12. The number of carbonyl (C=O) groups is 1. The van der Waals surface area contributed by atoms with Crippen LogP contribution in [0.4, 0.5) is 5.69 Å².